The molecule has 0 atom stereocenters. The molecule has 0 radical (unpaired) electrons. The van der Waals surface area contributed by atoms with E-state index >= 15 is 0 Å². The van der Waals surface area contributed by atoms with Gasteiger partial charge < -0.3 is 16.0 Å². The molecule has 6 nitrogen and oxygen atoms in total. The number of amides is 1. The second kappa shape index (κ2) is 5.09. The summed E-state index contributed by atoms with van der Waals surface area (Å²) >= 11 is 0. The van der Waals surface area contributed by atoms with Gasteiger partial charge in [0.15, 0.2) is 0 Å². The van der Waals surface area contributed by atoms with E-state index in [1.807, 2.05) is 0 Å². The Kier molecular flexibility index (Phi) is 3.53. The predicted octanol–water partition coefficient (Wildman–Crippen LogP) is -0.117. The van der Waals surface area contributed by atoms with Gasteiger partial charge in [0, 0.05) is 19.1 Å². The van der Waals surface area contributed by atoms with Crippen LogP contribution in [0.15, 0.2) is 12.4 Å². The summed E-state index contributed by atoms with van der Waals surface area (Å²) in [6.45, 7) is 1.48. The highest BCUT2D eigenvalue weighted by Gasteiger charge is 2.25. The maximum Gasteiger partial charge on any atom is 0.271 e. The molecule has 0 saturated heterocycles. The molecule has 0 aliphatic heterocycles. The van der Waals surface area contributed by atoms with Crippen molar-refractivity contribution in [3.05, 3.63) is 18.1 Å². The van der Waals surface area contributed by atoms with E-state index in [0.29, 0.717) is 24.1 Å². The van der Waals surface area contributed by atoms with E-state index in [4.69, 9.17) is 5.73 Å². The number of aromatic nitrogens is 2. The average Bonchev–Trinajstić information content (AvgIpc) is 3.13. The Hall–Kier alpha value is -1.69. The smallest absolute Gasteiger partial charge is 0.271 e. The van der Waals surface area contributed by atoms with Gasteiger partial charge in [-0.1, -0.05) is 0 Å². The molecule has 1 saturated carbocycles. The highest BCUT2D eigenvalue weighted by Crippen LogP contribution is 2.24. The monoisotopic (exact) mass is 235 g/mol. The fourth-order valence-corrected chi connectivity index (χ4v) is 1.59. The number of nitrogens with zero attached hydrogens (tertiary/aromatic N) is 3. The zero-order valence-electron chi connectivity index (χ0n) is 9.89. The molecule has 1 fully saturated rings. The third-order valence-corrected chi connectivity index (χ3v) is 2.82. The lowest BCUT2D eigenvalue weighted by Gasteiger charge is -2.15. The Morgan fingerprint density at radius 2 is 2.29 bits per heavy atom. The first-order chi connectivity index (χ1) is 8.16. The van der Waals surface area contributed by atoms with Crippen molar-refractivity contribution in [1.29, 1.82) is 0 Å². The van der Waals surface area contributed by atoms with Gasteiger partial charge in [-0.3, -0.25) is 4.79 Å². The number of carbonyl (C=O) groups excluding carboxylic acids is 1. The topological polar surface area (TPSA) is 84.1 Å². The molecule has 0 unspecified atom stereocenters. The number of carbonyl (C=O) groups is 1. The third-order valence-electron chi connectivity index (χ3n) is 2.82. The first-order valence-corrected chi connectivity index (χ1v) is 5.73. The van der Waals surface area contributed by atoms with Crippen LogP contribution in [-0.4, -0.2) is 47.0 Å². The lowest BCUT2D eigenvalue weighted by molar-refractivity contribution is 0.0944. The molecule has 3 N–H and O–H groups in total. The number of hydrogen-bond donors (Lipinski definition) is 2. The summed E-state index contributed by atoms with van der Waals surface area (Å²) in [7, 11) is 2.08. The SMILES string of the molecule is CN(CCNC(=O)c1cnc(N)cn1)C1CC1. The van der Waals surface area contributed by atoms with Gasteiger partial charge in [0.25, 0.3) is 5.91 Å². The maximum atomic E-state index is 11.6. The average molecular weight is 235 g/mol. The molecule has 6 heteroatoms. The number of anilines is 1. The molecule has 17 heavy (non-hydrogen) atoms. The Morgan fingerprint density at radius 3 is 2.88 bits per heavy atom. The van der Waals surface area contributed by atoms with Crippen molar-refractivity contribution in [3.63, 3.8) is 0 Å². The van der Waals surface area contributed by atoms with Gasteiger partial charge in [-0.05, 0) is 19.9 Å². The van der Waals surface area contributed by atoms with E-state index < -0.39 is 0 Å². The van der Waals surface area contributed by atoms with Crippen LogP contribution in [0.4, 0.5) is 5.82 Å². The van der Waals surface area contributed by atoms with Gasteiger partial charge in [0.1, 0.15) is 11.5 Å². The number of nitrogens with two attached hydrogens (primary N) is 1. The highest BCUT2D eigenvalue weighted by atomic mass is 16.1. The summed E-state index contributed by atoms with van der Waals surface area (Å²) < 4.78 is 0. The van der Waals surface area contributed by atoms with Crippen molar-refractivity contribution >= 4 is 11.7 Å². The molecule has 0 spiro atoms. The van der Waals surface area contributed by atoms with Gasteiger partial charge in [-0.25, -0.2) is 9.97 Å². The second-order valence-corrected chi connectivity index (χ2v) is 4.29. The Labute approximate surface area is 100 Å². The molecule has 1 amide bonds. The van der Waals surface area contributed by atoms with Crippen LogP contribution in [0.2, 0.25) is 0 Å². The molecule has 1 aromatic heterocycles. The quantitative estimate of drug-likeness (QED) is 0.743. The Morgan fingerprint density at radius 1 is 1.53 bits per heavy atom. The van der Waals surface area contributed by atoms with Crippen LogP contribution in [0.25, 0.3) is 0 Å². The minimum Gasteiger partial charge on any atom is -0.382 e. The Balaban J connectivity index is 1.74. The molecular weight excluding hydrogens is 218 g/mol. The summed E-state index contributed by atoms with van der Waals surface area (Å²) in [5.41, 5.74) is 5.69. The van der Waals surface area contributed by atoms with E-state index in [0.717, 1.165) is 6.54 Å². The summed E-state index contributed by atoms with van der Waals surface area (Å²) in [5, 5.41) is 2.81. The first-order valence-electron chi connectivity index (χ1n) is 5.73. The zero-order valence-corrected chi connectivity index (χ0v) is 9.89. The number of hydrogen-bond acceptors (Lipinski definition) is 5. The zero-order chi connectivity index (χ0) is 12.3. The highest BCUT2D eigenvalue weighted by molar-refractivity contribution is 5.91. The molecule has 1 aliphatic rings. The number of nitrogens with one attached hydrogen (secondary N) is 1. The summed E-state index contributed by atoms with van der Waals surface area (Å²) in [4.78, 5) is 21.6. The molecule has 1 heterocycles. The number of rotatable bonds is 5. The van der Waals surface area contributed by atoms with Gasteiger partial charge in [-0.15, -0.1) is 0 Å². The molecule has 0 aromatic carbocycles. The molecular formula is C11H17N5O. The third kappa shape index (κ3) is 3.39. The maximum absolute atomic E-state index is 11.6. The fourth-order valence-electron chi connectivity index (χ4n) is 1.59. The van der Waals surface area contributed by atoms with E-state index in [9.17, 15) is 4.79 Å². The second-order valence-electron chi connectivity index (χ2n) is 4.29. The van der Waals surface area contributed by atoms with Crippen LogP contribution in [0, 0.1) is 0 Å². The van der Waals surface area contributed by atoms with E-state index in [1.165, 1.54) is 25.2 Å². The van der Waals surface area contributed by atoms with Crippen LogP contribution in [0.1, 0.15) is 23.3 Å². The number of nitrogen functional groups attached to an aromatic ring is 1. The van der Waals surface area contributed by atoms with Gasteiger partial charge in [0.2, 0.25) is 0 Å². The minimum absolute atomic E-state index is 0.207. The van der Waals surface area contributed by atoms with Crippen LogP contribution in [-0.2, 0) is 0 Å². The first kappa shape index (κ1) is 11.8. The number of likely N-dealkylation sites (N-methyl/N-ethyl adjacent to an activating group) is 1. The van der Waals surface area contributed by atoms with Crippen LogP contribution in [0.3, 0.4) is 0 Å². The van der Waals surface area contributed by atoms with Crippen LogP contribution in [0.5, 0.6) is 0 Å². The molecule has 1 aromatic rings. The van der Waals surface area contributed by atoms with Gasteiger partial charge >= 0.3 is 0 Å². The lowest BCUT2D eigenvalue weighted by atomic mass is 10.4. The van der Waals surface area contributed by atoms with E-state index in [1.54, 1.807) is 0 Å². The molecule has 92 valence electrons. The van der Waals surface area contributed by atoms with Crippen LogP contribution >= 0.6 is 0 Å². The van der Waals surface area contributed by atoms with Crippen LogP contribution < -0.4 is 11.1 Å². The van der Waals surface area contributed by atoms with Crippen molar-refractivity contribution in [2.24, 2.45) is 0 Å². The summed E-state index contributed by atoms with van der Waals surface area (Å²) in [5.74, 6) is 0.108. The standard InChI is InChI=1S/C11H17N5O/c1-16(8-2-3-8)5-4-13-11(17)9-6-15-10(12)7-14-9/h6-8H,2-5H2,1H3,(H2,12,15)(H,13,17). The van der Waals surface area contributed by atoms with Crippen molar-refractivity contribution in [2.75, 3.05) is 25.9 Å². The van der Waals surface area contributed by atoms with Crippen molar-refractivity contribution < 1.29 is 4.79 Å². The fraction of sp³-hybridized carbons (Fsp3) is 0.545. The summed E-state index contributed by atoms with van der Waals surface area (Å²) in [6.07, 6.45) is 5.31. The normalized spacial score (nSPS) is 14.9. The van der Waals surface area contributed by atoms with Crippen molar-refractivity contribution in [3.8, 4) is 0 Å². The largest absolute Gasteiger partial charge is 0.382 e. The Bertz CT molecular complexity index is 387. The lowest BCUT2D eigenvalue weighted by Crippen LogP contribution is -2.34. The van der Waals surface area contributed by atoms with Crippen molar-refractivity contribution in [2.45, 2.75) is 18.9 Å². The van der Waals surface area contributed by atoms with Gasteiger partial charge in [-0.2, -0.15) is 0 Å². The molecule has 2 rings (SSSR count). The van der Waals surface area contributed by atoms with Gasteiger partial charge in [0.05, 0.1) is 12.4 Å². The minimum atomic E-state index is -0.207. The molecule has 1 aliphatic carbocycles. The predicted molar refractivity (Wildman–Crippen MR) is 64.4 cm³/mol. The molecule has 0 bridgehead atoms. The van der Waals surface area contributed by atoms with E-state index in [-0.39, 0.29) is 5.91 Å². The summed E-state index contributed by atoms with van der Waals surface area (Å²) in [6, 6.07) is 0.711. The van der Waals surface area contributed by atoms with Crippen molar-refractivity contribution in [1.82, 2.24) is 20.2 Å². The van der Waals surface area contributed by atoms with E-state index in [2.05, 4.69) is 27.2 Å².